The molecule has 0 aliphatic rings. The Morgan fingerprint density at radius 1 is 1.32 bits per heavy atom. The van der Waals surface area contributed by atoms with Crippen LogP contribution in [0.1, 0.15) is 31.1 Å². The number of nitrogens with zero attached hydrogens (tertiary/aromatic N) is 2. The van der Waals surface area contributed by atoms with Gasteiger partial charge >= 0.3 is 11.7 Å². The van der Waals surface area contributed by atoms with E-state index in [1.165, 1.54) is 12.1 Å². The van der Waals surface area contributed by atoms with E-state index in [2.05, 4.69) is 11.4 Å². The van der Waals surface area contributed by atoms with Crippen LogP contribution in [0.25, 0.3) is 5.53 Å². The van der Waals surface area contributed by atoms with E-state index in [9.17, 15) is 9.59 Å². The van der Waals surface area contributed by atoms with Gasteiger partial charge in [0.2, 0.25) is 0 Å². The van der Waals surface area contributed by atoms with Crippen LogP contribution in [0.15, 0.2) is 36.9 Å². The Morgan fingerprint density at radius 3 is 2.50 bits per heavy atom. The Labute approximate surface area is 129 Å². The third kappa shape index (κ3) is 4.68. The van der Waals surface area contributed by atoms with Crippen molar-refractivity contribution in [1.29, 1.82) is 0 Å². The lowest BCUT2D eigenvalue weighted by molar-refractivity contribution is -0.150. The summed E-state index contributed by atoms with van der Waals surface area (Å²) in [7, 11) is 0. The second-order valence-electron chi connectivity index (χ2n) is 5.38. The monoisotopic (exact) mass is 302 g/mol. The van der Waals surface area contributed by atoms with Gasteiger partial charge in [0.25, 0.3) is 5.78 Å². The van der Waals surface area contributed by atoms with Crippen LogP contribution < -0.4 is 4.74 Å². The topological polar surface area (TPSA) is 89.0 Å². The van der Waals surface area contributed by atoms with Crippen LogP contribution >= 0.6 is 0 Å². The standard InChI is InChI=1S/C16H18N2O4/c1-5-10-21-12-9-7-6-8-11(12)14(19)13(18-17)15(20)22-16(2,3)4/h5-9H,1,10H2,2-4H3. The molecule has 0 bridgehead atoms. The van der Waals surface area contributed by atoms with Crippen molar-refractivity contribution in [2.45, 2.75) is 26.4 Å². The summed E-state index contributed by atoms with van der Waals surface area (Å²) >= 11 is 0. The van der Waals surface area contributed by atoms with Crippen molar-refractivity contribution in [2.75, 3.05) is 6.61 Å². The molecule has 116 valence electrons. The first-order valence-corrected chi connectivity index (χ1v) is 6.63. The number of rotatable bonds is 6. The van der Waals surface area contributed by atoms with Crippen molar-refractivity contribution in [2.24, 2.45) is 0 Å². The fourth-order valence-electron chi connectivity index (χ4n) is 1.56. The molecule has 0 radical (unpaired) electrons. The van der Waals surface area contributed by atoms with E-state index in [-0.39, 0.29) is 17.9 Å². The molecule has 0 spiro atoms. The molecule has 0 aliphatic carbocycles. The Kier molecular flexibility index (Phi) is 5.78. The van der Waals surface area contributed by atoms with Gasteiger partial charge in [-0.15, -0.1) is 0 Å². The molecule has 0 aliphatic heterocycles. The lowest BCUT2D eigenvalue weighted by Crippen LogP contribution is -2.34. The molecule has 0 aromatic heterocycles. The Hall–Kier alpha value is -2.72. The summed E-state index contributed by atoms with van der Waals surface area (Å²) in [5, 5.41) is 0. The van der Waals surface area contributed by atoms with Crippen LogP contribution in [0, 0.1) is 0 Å². The minimum Gasteiger partial charge on any atom is -0.489 e. The number of Topliss-reactive ketones (excluding diaryl/α,β-unsaturated/α-hetero) is 1. The van der Waals surface area contributed by atoms with Gasteiger partial charge in [0, 0.05) is 0 Å². The molecule has 0 atom stereocenters. The van der Waals surface area contributed by atoms with Gasteiger partial charge in [0.1, 0.15) is 18.0 Å². The highest BCUT2D eigenvalue weighted by molar-refractivity contribution is 6.66. The summed E-state index contributed by atoms with van der Waals surface area (Å²) in [6.07, 6.45) is 1.52. The zero-order valence-electron chi connectivity index (χ0n) is 12.8. The number of carbonyl (C=O) groups is 2. The van der Waals surface area contributed by atoms with Crippen LogP contribution in [0.4, 0.5) is 0 Å². The summed E-state index contributed by atoms with van der Waals surface area (Å²) in [5.41, 5.74) is 7.58. The quantitative estimate of drug-likeness (QED) is 0.153. The van der Waals surface area contributed by atoms with E-state index >= 15 is 0 Å². The largest absolute Gasteiger partial charge is 0.489 e. The molecule has 0 amide bonds. The minimum atomic E-state index is -1.00. The third-order valence-electron chi connectivity index (χ3n) is 2.40. The van der Waals surface area contributed by atoms with Crippen molar-refractivity contribution < 1.29 is 23.9 Å². The highest BCUT2D eigenvalue weighted by Gasteiger charge is 2.36. The summed E-state index contributed by atoms with van der Waals surface area (Å²) in [6, 6.07) is 6.33. The van der Waals surface area contributed by atoms with E-state index in [1.54, 1.807) is 39.0 Å². The van der Waals surface area contributed by atoms with Gasteiger partial charge in [-0.25, -0.2) is 4.79 Å². The zero-order valence-corrected chi connectivity index (χ0v) is 12.8. The molecule has 1 aromatic carbocycles. The van der Waals surface area contributed by atoms with Crippen LogP contribution in [0.3, 0.4) is 0 Å². The maximum atomic E-state index is 12.4. The number of carbonyl (C=O) groups excluding carboxylic acids is 2. The van der Waals surface area contributed by atoms with Crippen molar-refractivity contribution in [1.82, 2.24) is 0 Å². The van der Waals surface area contributed by atoms with Gasteiger partial charge in [0.05, 0.1) is 5.56 Å². The van der Waals surface area contributed by atoms with Crippen molar-refractivity contribution in [3.8, 4) is 5.75 Å². The van der Waals surface area contributed by atoms with Gasteiger partial charge in [-0.3, -0.25) is 4.79 Å². The van der Waals surface area contributed by atoms with Gasteiger partial charge in [-0.2, -0.15) is 4.79 Å². The highest BCUT2D eigenvalue weighted by atomic mass is 16.6. The van der Waals surface area contributed by atoms with Gasteiger partial charge in [-0.1, -0.05) is 24.8 Å². The first-order valence-electron chi connectivity index (χ1n) is 6.63. The van der Waals surface area contributed by atoms with E-state index < -0.39 is 23.1 Å². The number of ketones is 1. The number of esters is 1. The summed E-state index contributed by atoms with van der Waals surface area (Å²) in [4.78, 5) is 27.1. The zero-order chi connectivity index (χ0) is 16.8. The second-order valence-corrected chi connectivity index (χ2v) is 5.38. The van der Waals surface area contributed by atoms with Gasteiger partial charge < -0.3 is 15.0 Å². The lowest BCUT2D eigenvalue weighted by atomic mass is 10.1. The molecule has 22 heavy (non-hydrogen) atoms. The average molecular weight is 302 g/mol. The maximum Gasteiger partial charge on any atom is 0.446 e. The molecule has 6 heteroatoms. The summed E-state index contributed by atoms with van der Waals surface area (Å²) < 4.78 is 10.4. The van der Waals surface area contributed by atoms with Gasteiger partial charge in [-0.05, 0) is 32.9 Å². The maximum absolute atomic E-state index is 12.4. The van der Waals surface area contributed by atoms with Crippen LogP contribution in [0.2, 0.25) is 0 Å². The summed E-state index contributed by atoms with van der Waals surface area (Å²) in [5.74, 6) is -1.52. The first-order chi connectivity index (χ1) is 10.3. The third-order valence-corrected chi connectivity index (χ3v) is 2.40. The fraction of sp³-hybridized carbons (Fsp3) is 0.312. The Balaban J connectivity index is 3.11. The molecule has 0 N–H and O–H groups in total. The predicted molar refractivity (Wildman–Crippen MR) is 80.9 cm³/mol. The molecule has 1 rings (SSSR count). The Morgan fingerprint density at radius 2 is 1.95 bits per heavy atom. The smallest absolute Gasteiger partial charge is 0.446 e. The normalized spacial score (nSPS) is 10.3. The summed E-state index contributed by atoms with van der Waals surface area (Å²) in [6.45, 7) is 8.65. The van der Waals surface area contributed by atoms with Crippen molar-refractivity contribution in [3.63, 3.8) is 0 Å². The molecule has 1 aromatic rings. The minimum absolute atomic E-state index is 0.100. The number of para-hydroxylation sites is 1. The lowest BCUT2D eigenvalue weighted by Gasteiger charge is -2.17. The molecule has 0 saturated carbocycles. The van der Waals surface area contributed by atoms with Crippen LogP contribution in [-0.2, 0) is 9.53 Å². The predicted octanol–water partition coefficient (Wildman–Crippen LogP) is 2.45. The first kappa shape index (κ1) is 17.3. The van der Waals surface area contributed by atoms with Crippen molar-refractivity contribution in [3.05, 3.63) is 48.0 Å². The molecule has 0 unspecified atom stereocenters. The molecular formula is C16H18N2O4. The molecule has 0 heterocycles. The average Bonchev–Trinajstić information content (AvgIpc) is 2.44. The van der Waals surface area contributed by atoms with E-state index in [0.717, 1.165) is 0 Å². The number of hydrogen-bond donors (Lipinski definition) is 0. The van der Waals surface area contributed by atoms with E-state index in [1.807, 2.05) is 0 Å². The van der Waals surface area contributed by atoms with E-state index in [4.69, 9.17) is 15.0 Å². The van der Waals surface area contributed by atoms with Gasteiger partial charge in [0.15, 0.2) is 0 Å². The number of ether oxygens (including phenoxy) is 2. The van der Waals surface area contributed by atoms with Crippen molar-refractivity contribution >= 4 is 17.5 Å². The molecule has 0 saturated heterocycles. The second kappa shape index (κ2) is 7.33. The SMILES string of the molecule is C=CCOc1ccccc1C(=O)C(=[N+]=[N-])C(=O)OC(C)(C)C. The molecule has 0 fully saturated rings. The fourth-order valence-corrected chi connectivity index (χ4v) is 1.56. The Bertz CT molecular complexity index is 638. The van der Waals surface area contributed by atoms with Crippen LogP contribution in [-0.4, -0.2) is 34.5 Å². The molecular weight excluding hydrogens is 284 g/mol. The molecule has 6 nitrogen and oxygen atoms in total. The number of benzene rings is 1. The van der Waals surface area contributed by atoms with Crippen LogP contribution in [0.5, 0.6) is 5.75 Å². The highest BCUT2D eigenvalue weighted by Crippen LogP contribution is 2.19. The van der Waals surface area contributed by atoms with E-state index in [0.29, 0.717) is 0 Å². The number of hydrogen-bond acceptors (Lipinski definition) is 4.